The molecular weight excluding hydrogens is 319 g/mol. The number of carbonyl (C=O) groups excluding carboxylic acids is 2. The number of rotatable bonds is 6. The molecule has 0 bridgehead atoms. The summed E-state index contributed by atoms with van der Waals surface area (Å²) < 4.78 is 13.8. The van der Waals surface area contributed by atoms with Gasteiger partial charge >= 0.3 is 0 Å². The average molecular weight is 335 g/mol. The Kier molecular flexibility index (Phi) is 5.71. The van der Waals surface area contributed by atoms with Crippen LogP contribution in [0.4, 0.5) is 10.1 Å². The summed E-state index contributed by atoms with van der Waals surface area (Å²) in [5, 5.41) is 3.15. The van der Waals surface area contributed by atoms with E-state index in [1.165, 1.54) is 12.1 Å². The highest BCUT2D eigenvalue weighted by Gasteiger charge is 2.10. The van der Waals surface area contributed by atoms with Gasteiger partial charge in [0, 0.05) is 17.0 Å². The molecule has 0 aliphatic rings. The van der Waals surface area contributed by atoms with Crippen LogP contribution in [-0.2, 0) is 11.2 Å². The number of hydrogen-bond donors (Lipinski definition) is 2. The molecule has 0 fully saturated rings. The minimum atomic E-state index is -0.718. The fraction of sp³-hybridized carbons (Fsp3) is 0.176. The van der Waals surface area contributed by atoms with Gasteiger partial charge in [0.15, 0.2) is 0 Å². The Balaban J connectivity index is 1.85. The molecule has 0 aliphatic heterocycles. The van der Waals surface area contributed by atoms with Gasteiger partial charge in [0.05, 0.1) is 5.69 Å². The quantitative estimate of drug-likeness (QED) is 0.848. The molecule has 0 unspecified atom stereocenters. The Morgan fingerprint density at radius 1 is 1.13 bits per heavy atom. The van der Waals surface area contributed by atoms with Gasteiger partial charge in [-0.3, -0.25) is 9.59 Å². The zero-order chi connectivity index (χ0) is 16.8. The van der Waals surface area contributed by atoms with Gasteiger partial charge in [0.25, 0.3) is 0 Å². The standard InChI is InChI=1S/C17H16ClFN2O2/c18-13-7-4-11(5-8-13)2-1-3-16(22)21-15-9-6-12(17(20)23)10-14(15)19/h4-10H,1-3H2,(H2,20,23)(H,21,22). The minimum Gasteiger partial charge on any atom is -0.366 e. The van der Waals surface area contributed by atoms with E-state index in [-0.39, 0.29) is 23.6 Å². The maximum absolute atomic E-state index is 13.8. The lowest BCUT2D eigenvalue weighted by molar-refractivity contribution is -0.116. The number of halogens is 2. The molecule has 3 N–H and O–H groups in total. The van der Waals surface area contributed by atoms with Gasteiger partial charge in [-0.1, -0.05) is 23.7 Å². The highest BCUT2D eigenvalue weighted by atomic mass is 35.5. The van der Waals surface area contributed by atoms with Crippen LogP contribution in [0.15, 0.2) is 42.5 Å². The van der Waals surface area contributed by atoms with Crippen LogP contribution in [0.5, 0.6) is 0 Å². The summed E-state index contributed by atoms with van der Waals surface area (Å²) in [6.45, 7) is 0. The van der Waals surface area contributed by atoms with Gasteiger partial charge < -0.3 is 11.1 Å². The first kappa shape index (κ1) is 17.0. The molecule has 2 aromatic carbocycles. The molecule has 0 saturated carbocycles. The number of anilines is 1. The molecule has 4 nitrogen and oxygen atoms in total. The number of nitrogens with one attached hydrogen (secondary N) is 1. The highest BCUT2D eigenvalue weighted by molar-refractivity contribution is 6.30. The van der Waals surface area contributed by atoms with Crippen molar-refractivity contribution in [1.29, 1.82) is 0 Å². The summed E-state index contributed by atoms with van der Waals surface area (Å²) in [4.78, 5) is 22.8. The molecular formula is C17H16ClFN2O2. The topological polar surface area (TPSA) is 72.2 Å². The molecule has 120 valence electrons. The summed E-state index contributed by atoms with van der Waals surface area (Å²) in [6, 6.07) is 11.1. The number of nitrogens with two attached hydrogens (primary N) is 1. The minimum absolute atomic E-state index is 0.0338. The predicted octanol–water partition coefficient (Wildman–Crippen LogP) is 3.54. The van der Waals surface area contributed by atoms with E-state index in [4.69, 9.17) is 17.3 Å². The summed E-state index contributed by atoms with van der Waals surface area (Å²) in [5.41, 5.74) is 6.24. The molecule has 0 aromatic heterocycles. The smallest absolute Gasteiger partial charge is 0.248 e. The van der Waals surface area contributed by atoms with Crippen LogP contribution in [0, 0.1) is 5.82 Å². The Hall–Kier alpha value is -2.40. The van der Waals surface area contributed by atoms with Crippen LogP contribution in [-0.4, -0.2) is 11.8 Å². The summed E-state index contributed by atoms with van der Waals surface area (Å²) in [6.07, 6.45) is 1.63. The van der Waals surface area contributed by atoms with Crippen molar-refractivity contribution in [2.75, 3.05) is 5.32 Å². The number of benzene rings is 2. The highest BCUT2D eigenvalue weighted by Crippen LogP contribution is 2.17. The van der Waals surface area contributed by atoms with Crippen LogP contribution in [0.2, 0.25) is 5.02 Å². The van der Waals surface area contributed by atoms with Crippen molar-refractivity contribution in [1.82, 2.24) is 0 Å². The van der Waals surface area contributed by atoms with E-state index in [9.17, 15) is 14.0 Å². The van der Waals surface area contributed by atoms with E-state index in [1.54, 1.807) is 12.1 Å². The van der Waals surface area contributed by atoms with Crippen molar-refractivity contribution in [3.8, 4) is 0 Å². The molecule has 0 spiro atoms. The Bertz CT molecular complexity index is 717. The van der Waals surface area contributed by atoms with Gasteiger partial charge in [-0.25, -0.2) is 4.39 Å². The monoisotopic (exact) mass is 334 g/mol. The van der Waals surface area contributed by atoms with Crippen LogP contribution < -0.4 is 11.1 Å². The molecule has 0 aliphatic carbocycles. The van der Waals surface area contributed by atoms with Crippen LogP contribution in [0.25, 0.3) is 0 Å². The maximum Gasteiger partial charge on any atom is 0.248 e. The van der Waals surface area contributed by atoms with E-state index in [0.29, 0.717) is 11.4 Å². The Morgan fingerprint density at radius 2 is 1.83 bits per heavy atom. The first-order valence-corrected chi connectivity index (χ1v) is 7.47. The Morgan fingerprint density at radius 3 is 2.43 bits per heavy atom. The fourth-order valence-corrected chi connectivity index (χ4v) is 2.21. The van der Waals surface area contributed by atoms with E-state index < -0.39 is 11.7 Å². The zero-order valence-corrected chi connectivity index (χ0v) is 13.1. The lowest BCUT2D eigenvalue weighted by Crippen LogP contribution is -2.14. The molecule has 23 heavy (non-hydrogen) atoms. The van der Waals surface area contributed by atoms with Crippen LogP contribution >= 0.6 is 11.6 Å². The molecule has 2 rings (SSSR count). The number of amides is 2. The third-order valence-electron chi connectivity index (χ3n) is 3.31. The van der Waals surface area contributed by atoms with Crippen molar-refractivity contribution >= 4 is 29.1 Å². The van der Waals surface area contributed by atoms with E-state index in [1.807, 2.05) is 12.1 Å². The molecule has 0 saturated heterocycles. The zero-order valence-electron chi connectivity index (χ0n) is 12.3. The van der Waals surface area contributed by atoms with E-state index in [2.05, 4.69) is 5.32 Å². The normalized spacial score (nSPS) is 10.3. The lowest BCUT2D eigenvalue weighted by atomic mass is 10.1. The van der Waals surface area contributed by atoms with Gasteiger partial charge in [0.1, 0.15) is 5.82 Å². The third-order valence-corrected chi connectivity index (χ3v) is 3.56. The van der Waals surface area contributed by atoms with Crippen molar-refractivity contribution in [2.45, 2.75) is 19.3 Å². The Labute approximate surface area is 138 Å². The number of primary amides is 1. The van der Waals surface area contributed by atoms with Crippen molar-refractivity contribution in [3.63, 3.8) is 0 Å². The fourth-order valence-electron chi connectivity index (χ4n) is 2.09. The first-order valence-electron chi connectivity index (χ1n) is 7.09. The SMILES string of the molecule is NC(=O)c1ccc(NC(=O)CCCc2ccc(Cl)cc2)c(F)c1. The summed E-state index contributed by atoms with van der Waals surface area (Å²) in [7, 11) is 0. The summed E-state index contributed by atoms with van der Waals surface area (Å²) >= 11 is 5.80. The second-order valence-corrected chi connectivity index (χ2v) is 5.52. The largest absolute Gasteiger partial charge is 0.366 e. The number of carbonyl (C=O) groups is 2. The van der Waals surface area contributed by atoms with Crippen molar-refractivity contribution in [2.24, 2.45) is 5.73 Å². The lowest BCUT2D eigenvalue weighted by Gasteiger charge is -2.07. The number of hydrogen-bond acceptors (Lipinski definition) is 2. The van der Waals surface area contributed by atoms with Crippen LogP contribution in [0.1, 0.15) is 28.8 Å². The van der Waals surface area contributed by atoms with Gasteiger partial charge in [0.2, 0.25) is 11.8 Å². The molecule has 0 atom stereocenters. The van der Waals surface area contributed by atoms with Gasteiger partial charge in [-0.2, -0.15) is 0 Å². The van der Waals surface area contributed by atoms with Gasteiger partial charge in [-0.05, 0) is 48.7 Å². The molecule has 0 radical (unpaired) electrons. The van der Waals surface area contributed by atoms with Crippen LogP contribution in [0.3, 0.4) is 0 Å². The van der Waals surface area contributed by atoms with Crippen molar-refractivity contribution < 1.29 is 14.0 Å². The first-order chi connectivity index (χ1) is 11.0. The summed E-state index contributed by atoms with van der Waals surface area (Å²) in [5.74, 6) is -1.69. The predicted molar refractivity (Wildman–Crippen MR) is 87.9 cm³/mol. The van der Waals surface area contributed by atoms with Crippen molar-refractivity contribution in [3.05, 3.63) is 64.4 Å². The second kappa shape index (κ2) is 7.74. The van der Waals surface area contributed by atoms with E-state index in [0.717, 1.165) is 18.1 Å². The molecule has 0 heterocycles. The van der Waals surface area contributed by atoms with Gasteiger partial charge in [-0.15, -0.1) is 0 Å². The molecule has 2 amide bonds. The molecule has 2 aromatic rings. The number of aryl methyl sites for hydroxylation is 1. The van der Waals surface area contributed by atoms with E-state index >= 15 is 0 Å². The second-order valence-electron chi connectivity index (χ2n) is 5.09. The maximum atomic E-state index is 13.8. The third kappa shape index (κ3) is 5.07. The molecule has 6 heteroatoms. The average Bonchev–Trinajstić information content (AvgIpc) is 2.51.